The summed E-state index contributed by atoms with van der Waals surface area (Å²) in [5.74, 6) is -0.516. The van der Waals surface area contributed by atoms with E-state index in [1.807, 2.05) is 74.1 Å². The standard InChI is InChI=1S/C30H40N6O3/c1-21-12-10-14-23(18-21)31-30(39)33-28-29(38)36(20-26(37)35-16-8-6-5-7-9-17-35)27-22(2)13-11-15-24(27)25(32-28)19-34(3)4/h10-15,18,28H,5-9,16-17,19-20H2,1-4H3,(H2,31,33,39)/t28-/m0/s1. The second kappa shape index (κ2) is 12.9. The van der Waals surface area contributed by atoms with Crippen molar-refractivity contribution in [3.63, 3.8) is 0 Å². The topological polar surface area (TPSA) is 97.3 Å². The number of hydrogen-bond donors (Lipinski definition) is 2. The van der Waals surface area contributed by atoms with Gasteiger partial charge in [-0.05, 0) is 64.0 Å². The number of hydrogen-bond acceptors (Lipinski definition) is 5. The van der Waals surface area contributed by atoms with Gasteiger partial charge in [0.1, 0.15) is 6.54 Å². The number of urea groups is 1. The van der Waals surface area contributed by atoms with Crippen molar-refractivity contribution in [1.82, 2.24) is 15.1 Å². The molecule has 2 aromatic rings. The van der Waals surface area contributed by atoms with Crippen LogP contribution in [0.15, 0.2) is 47.5 Å². The Morgan fingerprint density at radius 1 is 1.00 bits per heavy atom. The van der Waals surface area contributed by atoms with Gasteiger partial charge in [-0.25, -0.2) is 4.79 Å². The molecule has 0 bridgehead atoms. The lowest BCUT2D eigenvalue weighted by Crippen LogP contribution is -2.52. The van der Waals surface area contributed by atoms with Gasteiger partial charge in [-0.15, -0.1) is 0 Å². The molecule has 9 nitrogen and oxygen atoms in total. The number of para-hydroxylation sites is 1. The minimum atomic E-state index is -1.18. The molecule has 0 spiro atoms. The first-order valence-corrected chi connectivity index (χ1v) is 13.8. The van der Waals surface area contributed by atoms with E-state index in [1.165, 1.54) is 11.3 Å². The molecule has 1 saturated heterocycles. The third kappa shape index (κ3) is 7.23. The number of fused-ring (bicyclic) bond motifs is 1. The van der Waals surface area contributed by atoms with Crippen LogP contribution in [0.3, 0.4) is 0 Å². The highest BCUT2D eigenvalue weighted by atomic mass is 16.2. The summed E-state index contributed by atoms with van der Waals surface area (Å²) in [6.07, 6.45) is 4.17. The van der Waals surface area contributed by atoms with Crippen LogP contribution < -0.4 is 15.5 Å². The molecule has 4 rings (SSSR count). The summed E-state index contributed by atoms with van der Waals surface area (Å²) in [5.41, 5.74) is 4.64. The number of amides is 4. The van der Waals surface area contributed by atoms with E-state index in [-0.39, 0.29) is 12.5 Å². The van der Waals surface area contributed by atoms with Gasteiger partial charge in [0, 0.05) is 30.9 Å². The molecule has 1 fully saturated rings. The monoisotopic (exact) mass is 532 g/mol. The Morgan fingerprint density at radius 3 is 2.38 bits per heavy atom. The van der Waals surface area contributed by atoms with Crippen molar-refractivity contribution in [2.24, 2.45) is 4.99 Å². The number of benzene rings is 2. The molecule has 9 heteroatoms. The van der Waals surface area contributed by atoms with E-state index in [9.17, 15) is 14.4 Å². The van der Waals surface area contributed by atoms with Gasteiger partial charge in [-0.1, -0.05) is 49.6 Å². The fourth-order valence-electron chi connectivity index (χ4n) is 5.21. The Morgan fingerprint density at radius 2 is 1.69 bits per heavy atom. The number of benzodiazepines with no additional fused rings is 1. The predicted molar refractivity (Wildman–Crippen MR) is 155 cm³/mol. The normalized spacial score (nSPS) is 18.0. The van der Waals surface area contributed by atoms with Gasteiger partial charge in [0.15, 0.2) is 0 Å². The number of likely N-dealkylation sites (tertiary alicyclic amines) is 1. The second-order valence-electron chi connectivity index (χ2n) is 10.7. The maximum Gasteiger partial charge on any atom is 0.321 e. The van der Waals surface area contributed by atoms with E-state index in [4.69, 9.17) is 4.99 Å². The lowest BCUT2D eigenvalue weighted by Gasteiger charge is -2.30. The summed E-state index contributed by atoms with van der Waals surface area (Å²) in [6, 6.07) is 12.7. The van der Waals surface area contributed by atoms with E-state index < -0.39 is 18.1 Å². The van der Waals surface area contributed by atoms with Crippen LogP contribution in [0.4, 0.5) is 16.2 Å². The third-order valence-corrected chi connectivity index (χ3v) is 7.12. The van der Waals surface area contributed by atoms with Crippen molar-refractivity contribution < 1.29 is 14.4 Å². The minimum Gasteiger partial charge on any atom is -0.341 e. The largest absolute Gasteiger partial charge is 0.341 e. The highest BCUT2D eigenvalue weighted by Crippen LogP contribution is 2.30. The van der Waals surface area contributed by atoms with Gasteiger partial charge >= 0.3 is 6.03 Å². The molecule has 0 aliphatic carbocycles. The Balaban J connectivity index is 1.66. The van der Waals surface area contributed by atoms with E-state index in [0.717, 1.165) is 42.4 Å². The van der Waals surface area contributed by atoms with Crippen molar-refractivity contribution in [3.8, 4) is 0 Å². The molecule has 0 aromatic heterocycles. The van der Waals surface area contributed by atoms with Crippen LogP contribution in [0.1, 0.15) is 48.8 Å². The number of likely N-dealkylation sites (N-methyl/N-ethyl adjacent to an activating group) is 1. The first kappa shape index (κ1) is 28.3. The molecular weight excluding hydrogens is 492 g/mol. The maximum absolute atomic E-state index is 14.1. The Kier molecular flexibility index (Phi) is 9.35. The molecule has 39 heavy (non-hydrogen) atoms. The van der Waals surface area contributed by atoms with Gasteiger partial charge in [0.2, 0.25) is 12.1 Å². The molecule has 2 N–H and O–H groups in total. The lowest BCUT2D eigenvalue weighted by molar-refractivity contribution is -0.132. The minimum absolute atomic E-state index is 0.0847. The van der Waals surface area contributed by atoms with E-state index >= 15 is 0 Å². The van der Waals surface area contributed by atoms with Crippen LogP contribution in [0.5, 0.6) is 0 Å². The molecule has 1 atom stereocenters. The van der Waals surface area contributed by atoms with Crippen molar-refractivity contribution in [3.05, 3.63) is 59.2 Å². The van der Waals surface area contributed by atoms with Crippen LogP contribution in [-0.4, -0.2) is 79.8 Å². The molecule has 0 radical (unpaired) electrons. The third-order valence-electron chi connectivity index (χ3n) is 7.12. The molecular formula is C30H40N6O3. The number of aliphatic imine (C=N–C) groups is 1. The summed E-state index contributed by atoms with van der Waals surface area (Å²) in [4.78, 5) is 50.8. The van der Waals surface area contributed by atoms with Gasteiger partial charge < -0.3 is 20.4 Å². The highest BCUT2D eigenvalue weighted by Gasteiger charge is 2.35. The van der Waals surface area contributed by atoms with Crippen molar-refractivity contribution in [1.29, 1.82) is 0 Å². The predicted octanol–water partition coefficient (Wildman–Crippen LogP) is 3.94. The Bertz CT molecular complexity index is 1230. The summed E-state index contributed by atoms with van der Waals surface area (Å²) >= 11 is 0. The molecule has 2 heterocycles. The van der Waals surface area contributed by atoms with Gasteiger partial charge in [0.05, 0.1) is 11.4 Å². The zero-order valence-electron chi connectivity index (χ0n) is 23.5. The Labute approximate surface area is 231 Å². The van der Waals surface area contributed by atoms with Crippen molar-refractivity contribution in [2.45, 2.75) is 52.1 Å². The maximum atomic E-state index is 14.1. The molecule has 2 aliphatic rings. The molecule has 0 saturated carbocycles. The zero-order valence-corrected chi connectivity index (χ0v) is 23.5. The fourth-order valence-corrected chi connectivity index (χ4v) is 5.21. The number of nitrogens with one attached hydrogen (secondary N) is 2. The number of anilines is 2. The lowest BCUT2D eigenvalue weighted by atomic mass is 10.0. The first-order chi connectivity index (χ1) is 18.7. The molecule has 2 aliphatic heterocycles. The molecule has 2 aromatic carbocycles. The quantitative estimate of drug-likeness (QED) is 0.589. The molecule has 208 valence electrons. The van der Waals surface area contributed by atoms with Gasteiger partial charge in [0.25, 0.3) is 5.91 Å². The van der Waals surface area contributed by atoms with Crippen LogP contribution in [0.25, 0.3) is 0 Å². The van der Waals surface area contributed by atoms with Gasteiger partial charge in [-0.2, -0.15) is 0 Å². The average Bonchev–Trinajstić information content (AvgIpc) is 2.95. The summed E-state index contributed by atoms with van der Waals surface area (Å²) < 4.78 is 0. The molecule has 4 amide bonds. The van der Waals surface area contributed by atoms with E-state index in [1.54, 1.807) is 6.07 Å². The van der Waals surface area contributed by atoms with Gasteiger partial charge in [-0.3, -0.25) is 19.5 Å². The van der Waals surface area contributed by atoms with Crippen LogP contribution >= 0.6 is 0 Å². The summed E-state index contributed by atoms with van der Waals surface area (Å²) in [6.45, 7) is 5.64. The van der Waals surface area contributed by atoms with Crippen LogP contribution in [0, 0.1) is 13.8 Å². The van der Waals surface area contributed by atoms with Crippen LogP contribution in [-0.2, 0) is 9.59 Å². The average molecular weight is 533 g/mol. The van der Waals surface area contributed by atoms with Crippen molar-refractivity contribution >= 4 is 34.9 Å². The fraction of sp³-hybridized carbons (Fsp3) is 0.467. The van der Waals surface area contributed by atoms with Crippen LogP contribution in [0.2, 0.25) is 0 Å². The second-order valence-corrected chi connectivity index (χ2v) is 10.7. The summed E-state index contributed by atoms with van der Waals surface area (Å²) in [7, 11) is 3.86. The number of nitrogens with zero attached hydrogens (tertiary/aromatic N) is 4. The zero-order chi connectivity index (χ0) is 27.9. The molecule has 0 unspecified atom stereocenters. The number of carbonyl (C=O) groups is 3. The number of aryl methyl sites for hydroxylation is 2. The first-order valence-electron chi connectivity index (χ1n) is 13.8. The Hall–Kier alpha value is -3.72. The van der Waals surface area contributed by atoms with Crippen molar-refractivity contribution in [2.75, 3.05) is 50.5 Å². The summed E-state index contributed by atoms with van der Waals surface area (Å²) in [5, 5.41) is 5.57. The van der Waals surface area contributed by atoms with E-state index in [0.29, 0.717) is 36.7 Å². The smallest absolute Gasteiger partial charge is 0.321 e. The SMILES string of the molecule is Cc1cccc(NC(=O)N[C@@H]2N=C(CN(C)C)c3cccc(C)c3N(CC(=O)N3CCCCCCC3)C2=O)c1. The highest BCUT2D eigenvalue weighted by molar-refractivity contribution is 6.15. The number of carbonyl (C=O) groups excluding carboxylic acids is 3. The number of rotatable bonds is 6. The van der Waals surface area contributed by atoms with E-state index in [2.05, 4.69) is 10.6 Å².